The average Bonchev–Trinajstić information content (AvgIpc) is 2.61. The number of hydrogen-bond acceptors (Lipinski definition) is 4. The number of rotatable bonds is 8. The van der Waals surface area contributed by atoms with Crippen LogP contribution >= 0.6 is 0 Å². The molecule has 0 unspecified atom stereocenters. The first kappa shape index (κ1) is 17.8. The fraction of sp³-hybridized carbons (Fsp3) is 0.611. The summed E-state index contributed by atoms with van der Waals surface area (Å²) in [5, 5.41) is 6.27. The Morgan fingerprint density at radius 2 is 2.13 bits per heavy atom. The van der Waals surface area contributed by atoms with Gasteiger partial charge in [0.15, 0.2) is 0 Å². The molecule has 0 saturated carbocycles. The summed E-state index contributed by atoms with van der Waals surface area (Å²) in [6, 6.07) is 7.89. The van der Waals surface area contributed by atoms with E-state index in [-0.39, 0.29) is 5.91 Å². The maximum absolute atomic E-state index is 12.5. The van der Waals surface area contributed by atoms with Gasteiger partial charge in [0.2, 0.25) is 0 Å². The van der Waals surface area contributed by atoms with Crippen LogP contribution in [0.25, 0.3) is 0 Å². The fourth-order valence-corrected chi connectivity index (χ4v) is 2.78. The van der Waals surface area contributed by atoms with Crippen LogP contribution < -0.4 is 15.4 Å². The molecular formula is C18H28N2O3. The molecule has 23 heavy (non-hydrogen) atoms. The third kappa shape index (κ3) is 4.94. The molecule has 0 bridgehead atoms. The molecule has 1 aliphatic heterocycles. The highest BCUT2D eigenvalue weighted by molar-refractivity contribution is 5.85. The lowest BCUT2D eigenvalue weighted by Gasteiger charge is -2.34. The van der Waals surface area contributed by atoms with Crippen LogP contribution in [0, 0.1) is 0 Å². The quantitative estimate of drug-likeness (QED) is 0.721. The zero-order valence-electron chi connectivity index (χ0n) is 14.2. The van der Waals surface area contributed by atoms with E-state index in [4.69, 9.17) is 9.47 Å². The zero-order valence-corrected chi connectivity index (χ0v) is 14.2. The minimum atomic E-state index is -0.694. The number of hydrogen-bond donors (Lipinski definition) is 2. The lowest BCUT2D eigenvalue weighted by Crippen LogP contribution is -2.53. The van der Waals surface area contributed by atoms with Gasteiger partial charge in [-0.25, -0.2) is 0 Å². The lowest BCUT2D eigenvalue weighted by atomic mass is 9.91. The van der Waals surface area contributed by atoms with Crippen LogP contribution in [0.4, 0.5) is 0 Å². The van der Waals surface area contributed by atoms with Gasteiger partial charge in [0, 0.05) is 13.7 Å². The second-order valence-corrected chi connectivity index (χ2v) is 5.98. The Kier molecular flexibility index (Phi) is 6.86. The number of benzene rings is 1. The standard InChI is InChI=1S/C18H28N2O3/c1-3-4-12-23-16-7-5-6-15(13-16)14-20-17(21)18(22-2)8-10-19-11-9-18/h5-7,13,19H,3-4,8-12,14H2,1-2H3,(H,20,21). The van der Waals surface area contributed by atoms with Crippen LogP contribution in [0.15, 0.2) is 24.3 Å². The predicted octanol–water partition coefficient (Wildman–Crippen LogP) is 2.25. The first-order valence-corrected chi connectivity index (χ1v) is 8.46. The van der Waals surface area contributed by atoms with Crippen molar-refractivity contribution in [1.82, 2.24) is 10.6 Å². The average molecular weight is 320 g/mol. The molecule has 0 aromatic heterocycles. The highest BCUT2D eigenvalue weighted by Crippen LogP contribution is 2.23. The molecule has 5 nitrogen and oxygen atoms in total. The molecule has 2 N–H and O–H groups in total. The molecule has 5 heteroatoms. The van der Waals surface area contributed by atoms with Gasteiger partial charge in [0.05, 0.1) is 6.61 Å². The summed E-state index contributed by atoms with van der Waals surface area (Å²) in [4.78, 5) is 12.5. The van der Waals surface area contributed by atoms with Crippen molar-refractivity contribution in [3.05, 3.63) is 29.8 Å². The number of amides is 1. The van der Waals surface area contributed by atoms with Gasteiger partial charge in [-0.1, -0.05) is 25.5 Å². The molecule has 0 spiro atoms. The van der Waals surface area contributed by atoms with E-state index in [1.807, 2.05) is 24.3 Å². The van der Waals surface area contributed by atoms with E-state index in [2.05, 4.69) is 17.6 Å². The van der Waals surface area contributed by atoms with Crippen molar-refractivity contribution in [2.75, 3.05) is 26.8 Å². The maximum Gasteiger partial charge on any atom is 0.252 e. The van der Waals surface area contributed by atoms with Crippen molar-refractivity contribution in [2.45, 2.75) is 44.8 Å². The molecule has 1 aliphatic rings. The molecule has 1 amide bonds. The second-order valence-electron chi connectivity index (χ2n) is 5.98. The van der Waals surface area contributed by atoms with E-state index in [1.54, 1.807) is 7.11 Å². The molecule has 128 valence electrons. The molecular weight excluding hydrogens is 292 g/mol. The summed E-state index contributed by atoms with van der Waals surface area (Å²) in [7, 11) is 1.62. The van der Waals surface area contributed by atoms with Gasteiger partial charge in [0.25, 0.3) is 5.91 Å². The minimum Gasteiger partial charge on any atom is -0.494 e. The Balaban J connectivity index is 1.89. The molecule has 1 saturated heterocycles. The molecule has 0 radical (unpaired) electrons. The van der Waals surface area contributed by atoms with Gasteiger partial charge in [-0.05, 0) is 50.0 Å². The number of carbonyl (C=O) groups is 1. The summed E-state index contributed by atoms with van der Waals surface area (Å²) >= 11 is 0. The van der Waals surface area contributed by atoms with Crippen LogP contribution in [0.1, 0.15) is 38.2 Å². The molecule has 0 atom stereocenters. The van der Waals surface area contributed by atoms with Crippen LogP contribution in [0.3, 0.4) is 0 Å². The van der Waals surface area contributed by atoms with E-state index in [9.17, 15) is 4.79 Å². The predicted molar refractivity (Wildman–Crippen MR) is 90.5 cm³/mol. The van der Waals surface area contributed by atoms with Gasteiger partial charge in [0.1, 0.15) is 11.4 Å². The Morgan fingerprint density at radius 1 is 1.35 bits per heavy atom. The fourth-order valence-electron chi connectivity index (χ4n) is 2.78. The van der Waals surface area contributed by atoms with E-state index in [0.29, 0.717) is 19.4 Å². The third-order valence-corrected chi connectivity index (χ3v) is 4.33. The van der Waals surface area contributed by atoms with Crippen molar-refractivity contribution in [2.24, 2.45) is 0 Å². The number of piperidine rings is 1. The normalized spacial score (nSPS) is 16.8. The highest BCUT2D eigenvalue weighted by atomic mass is 16.5. The SMILES string of the molecule is CCCCOc1cccc(CNC(=O)C2(OC)CCNCC2)c1. The van der Waals surface area contributed by atoms with Crippen LogP contribution in [-0.4, -0.2) is 38.3 Å². The minimum absolute atomic E-state index is 0.0289. The van der Waals surface area contributed by atoms with Crippen LogP contribution in [0.5, 0.6) is 5.75 Å². The van der Waals surface area contributed by atoms with Crippen molar-refractivity contribution in [3.63, 3.8) is 0 Å². The van der Waals surface area contributed by atoms with E-state index in [1.165, 1.54) is 0 Å². The van der Waals surface area contributed by atoms with Gasteiger partial charge in [-0.2, -0.15) is 0 Å². The largest absolute Gasteiger partial charge is 0.494 e. The number of unbranched alkanes of at least 4 members (excludes halogenated alkanes) is 1. The van der Waals surface area contributed by atoms with Crippen LogP contribution in [0.2, 0.25) is 0 Å². The summed E-state index contributed by atoms with van der Waals surface area (Å²) in [5.41, 5.74) is 0.341. The molecule has 2 rings (SSSR count). The lowest BCUT2D eigenvalue weighted by molar-refractivity contribution is -0.146. The molecule has 1 fully saturated rings. The van der Waals surface area contributed by atoms with Crippen LogP contribution in [-0.2, 0) is 16.1 Å². The third-order valence-electron chi connectivity index (χ3n) is 4.33. The first-order chi connectivity index (χ1) is 11.2. The Hall–Kier alpha value is -1.59. The van der Waals surface area contributed by atoms with E-state index in [0.717, 1.165) is 43.9 Å². The summed E-state index contributed by atoms with van der Waals surface area (Å²) in [6.07, 6.45) is 3.57. The van der Waals surface area contributed by atoms with Gasteiger partial charge >= 0.3 is 0 Å². The smallest absolute Gasteiger partial charge is 0.252 e. The molecule has 1 aromatic rings. The molecule has 1 aromatic carbocycles. The zero-order chi connectivity index (χ0) is 16.5. The maximum atomic E-state index is 12.5. The topological polar surface area (TPSA) is 59.6 Å². The van der Waals surface area contributed by atoms with E-state index < -0.39 is 5.60 Å². The highest BCUT2D eigenvalue weighted by Gasteiger charge is 2.39. The number of methoxy groups -OCH3 is 1. The van der Waals surface area contributed by atoms with Gasteiger partial charge < -0.3 is 20.1 Å². The second kappa shape index (κ2) is 8.89. The first-order valence-electron chi connectivity index (χ1n) is 8.46. The Labute approximate surface area is 138 Å². The van der Waals surface area contributed by atoms with Crippen molar-refractivity contribution < 1.29 is 14.3 Å². The summed E-state index contributed by atoms with van der Waals surface area (Å²) in [6.45, 7) is 4.97. The van der Waals surface area contributed by atoms with E-state index >= 15 is 0 Å². The summed E-state index contributed by atoms with van der Waals surface area (Å²) < 4.78 is 11.2. The summed E-state index contributed by atoms with van der Waals surface area (Å²) in [5.74, 6) is 0.826. The van der Waals surface area contributed by atoms with Crippen molar-refractivity contribution in [1.29, 1.82) is 0 Å². The monoisotopic (exact) mass is 320 g/mol. The molecule has 1 heterocycles. The van der Waals surface area contributed by atoms with Gasteiger partial charge in [-0.3, -0.25) is 4.79 Å². The Bertz CT molecular complexity index is 499. The van der Waals surface area contributed by atoms with Crippen molar-refractivity contribution in [3.8, 4) is 5.75 Å². The Morgan fingerprint density at radius 3 is 2.83 bits per heavy atom. The molecule has 0 aliphatic carbocycles. The van der Waals surface area contributed by atoms with Gasteiger partial charge in [-0.15, -0.1) is 0 Å². The number of ether oxygens (including phenoxy) is 2. The van der Waals surface area contributed by atoms with Crippen molar-refractivity contribution >= 4 is 5.91 Å². The number of nitrogens with one attached hydrogen (secondary N) is 2. The number of carbonyl (C=O) groups excluding carboxylic acids is 1.